The van der Waals surface area contributed by atoms with Crippen LogP contribution < -0.4 is 0 Å². The Kier molecular flexibility index (Phi) is 2.74. The highest BCUT2D eigenvalue weighted by atomic mass is 16.4. The smallest absolute Gasteiger partial charge is 0.306 e. The zero-order valence-electron chi connectivity index (χ0n) is 8.65. The molecule has 4 nitrogen and oxygen atoms in total. The molecule has 1 N–H and O–H groups in total. The van der Waals surface area contributed by atoms with Crippen LogP contribution in [0.1, 0.15) is 12.8 Å². The number of nitrogens with zero attached hydrogens (tertiary/aromatic N) is 2. The van der Waals surface area contributed by atoms with Crippen molar-refractivity contribution in [2.24, 2.45) is 5.92 Å². The summed E-state index contributed by atoms with van der Waals surface area (Å²) >= 11 is 0. The molecule has 1 aliphatic heterocycles. The van der Waals surface area contributed by atoms with Crippen LogP contribution in [0.25, 0.3) is 0 Å². The van der Waals surface area contributed by atoms with E-state index in [2.05, 4.69) is 16.8 Å². The lowest BCUT2D eigenvalue weighted by atomic mass is 9.79. The van der Waals surface area contributed by atoms with Gasteiger partial charge >= 0.3 is 5.97 Å². The van der Waals surface area contributed by atoms with Crippen LogP contribution in [0.5, 0.6) is 0 Å². The molecule has 80 valence electrons. The summed E-state index contributed by atoms with van der Waals surface area (Å²) in [6.07, 6.45) is 1.72. The van der Waals surface area contributed by atoms with Crippen molar-refractivity contribution in [1.82, 2.24) is 9.80 Å². The molecule has 4 heteroatoms. The molecule has 2 aliphatic rings. The second kappa shape index (κ2) is 3.87. The van der Waals surface area contributed by atoms with E-state index in [0.29, 0.717) is 6.04 Å². The van der Waals surface area contributed by atoms with E-state index in [1.807, 2.05) is 0 Å². The van der Waals surface area contributed by atoms with Crippen LogP contribution in [-0.4, -0.2) is 60.1 Å². The third-order valence-corrected chi connectivity index (χ3v) is 3.52. The van der Waals surface area contributed by atoms with E-state index in [0.717, 1.165) is 39.0 Å². The van der Waals surface area contributed by atoms with E-state index in [-0.39, 0.29) is 5.92 Å². The van der Waals surface area contributed by atoms with Gasteiger partial charge in [-0.3, -0.25) is 9.69 Å². The first-order valence-corrected chi connectivity index (χ1v) is 5.32. The molecule has 0 aromatic heterocycles. The summed E-state index contributed by atoms with van der Waals surface area (Å²) in [5, 5.41) is 8.76. The first-order valence-electron chi connectivity index (χ1n) is 5.32. The molecule has 1 aliphatic carbocycles. The summed E-state index contributed by atoms with van der Waals surface area (Å²) in [6, 6.07) is 0.546. The molecule has 0 aromatic carbocycles. The molecule has 1 heterocycles. The van der Waals surface area contributed by atoms with Gasteiger partial charge < -0.3 is 10.0 Å². The minimum absolute atomic E-state index is 0.0698. The fraction of sp³-hybridized carbons (Fsp3) is 0.900. The largest absolute Gasteiger partial charge is 0.481 e. The lowest BCUT2D eigenvalue weighted by Gasteiger charge is -2.44. The number of carbonyl (C=O) groups is 1. The molecule has 2 rings (SSSR count). The van der Waals surface area contributed by atoms with Gasteiger partial charge in [0.2, 0.25) is 0 Å². The number of hydrogen-bond donors (Lipinski definition) is 1. The topological polar surface area (TPSA) is 43.8 Å². The van der Waals surface area contributed by atoms with E-state index >= 15 is 0 Å². The van der Waals surface area contributed by atoms with E-state index in [9.17, 15) is 4.79 Å². The van der Waals surface area contributed by atoms with Gasteiger partial charge in [0, 0.05) is 32.2 Å². The fourth-order valence-electron chi connectivity index (χ4n) is 2.27. The number of hydrogen-bond acceptors (Lipinski definition) is 3. The monoisotopic (exact) mass is 198 g/mol. The summed E-state index contributed by atoms with van der Waals surface area (Å²) in [4.78, 5) is 15.4. The molecule has 0 atom stereocenters. The molecular weight excluding hydrogens is 180 g/mol. The number of aliphatic carboxylic acids is 1. The number of carboxylic acid groups (broad SMARTS) is 1. The van der Waals surface area contributed by atoms with E-state index in [4.69, 9.17) is 5.11 Å². The molecule has 2 fully saturated rings. The van der Waals surface area contributed by atoms with Crippen LogP contribution in [0.2, 0.25) is 0 Å². The maximum atomic E-state index is 10.6. The Morgan fingerprint density at radius 3 is 2.29 bits per heavy atom. The van der Waals surface area contributed by atoms with Crippen LogP contribution in [0.3, 0.4) is 0 Å². The first-order chi connectivity index (χ1) is 6.66. The highest BCUT2D eigenvalue weighted by Gasteiger charge is 2.38. The molecule has 0 radical (unpaired) electrons. The Morgan fingerprint density at radius 1 is 1.21 bits per heavy atom. The lowest BCUT2D eigenvalue weighted by Crippen LogP contribution is -2.54. The minimum atomic E-state index is -0.615. The summed E-state index contributed by atoms with van der Waals surface area (Å²) in [5.74, 6) is -0.685. The molecule has 14 heavy (non-hydrogen) atoms. The second-order valence-corrected chi connectivity index (χ2v) is 4.50. The highest BCUT2D eigenvalue weighted by molar-refractivity contribution is 5.71. The maximum Gasteiger partial charge on any atom is 0.306 e. The van der Waals surface area contributed by atoms with Gasteiger partial charge in [-0.1, -0.05) is 0 Å². The van der Waals surface area contributed by atoms with Gasteiger partial charge in [-0.15, -0.1) is 0 Å². The third-order valence-electron chi connectivity index (χ3n) is 3.52. The van der Waals surface area contributed by atoms with Gasteiger partial charge in [0.25, 0.3) is 0 Å². The van der Waals surface area contributed by atoms with Crippen LogP contribution in [0.15, 0.2) is 0 Å². The Labute approximate surface area is 84.5 Å². The van der Waals surface area contributed by atoms with Gasteiger partial charge in [-0.05, 0) is 19.9 Å². The highest BCUT2D eigenvalue weighted by Crippen LogP contribution is 2.32. The van der Waals surface area contributed by atoms with Gasteiger partial charge in [0.05, 0.1) is 5.92 Å². The van der Waals surface area contributed by atoms with Crippen molar-refractivity contribution in [3.63, 3.8) is 0 Å². The number of rotatable bonds is 2. The standard InChI is InChI=1S/C10H18N2O2/c1-11-2-4-12(5-3-11)9-6-8(7-9)10(13)14/h8-9H,2-7H2,1H3,(H,13,14). The maximum absolute atomic E-state index is 10.6. The van der Waals surface area contributed by atoms with Crippen LogP contribution >= 0.6 is 0 Å². The van der Waals surface area contributed by atoms with E-state index in [1.165, 1.54) is 0 Å². The predicted molar refractivity (Wildman–Crippen MR) is 53.2 cm³/mol. The van der Waals surface area contributed by atoms with Gasteiger partial charge in [-0.25, -0.2) is 0 Å². The van der Waals surface area contributed by atoms with E-state index < -0.39 is 5.97 Å². The molecule has 0 unspecified atom stereocenters. The van der Waals surface area contributed by atoms with Crippen molar-refractivity contribution in [2.75, 3.05) is 33.2 Å². The summed E-state index contributed by atoms with van der Waals surface area (Å²) in [7, 11) is 2.14. The Morgan fingerprint density at radius 2 is 1.79 bits per heavy atom. The number of carboxylic acids is 1. The molecule has 1 saturated heterocycles. The molecule has 0 amide bonds. The zero-order valence-corrected chi connectivity index (χ0v) is 8.65. The predicted octanol–water partition coefficient (Wildman–Crippen LogP) is 0.0970. The summed E-state index contributed by atoms with van der Waals surface area (Å²) < 4.78 is 0. The average molecular weight is 198 g/mol. The quantitative estimate of drug-likeness (QED) is 0.683. The summed E-state index contributed by atoms with van der Waals surface area (Å²) in [5.41, 5.74) is 0. The first kappa shape index (κ1) is 9.93. The second-order valence-electron chi connectivity index (χ2n) is 4.50. The van der Waals surface area contributed by atoms with Crippen LogP contribution in [0, 0.1) is 5.92 Å². The average Bonchev–Trinajstić information content (AvgIpc) is 2.05. The van der Waals surface area contributed by atoms with Crippen molar-refractivity contribution in [1.29, 1.82) is 0 Å². The molecule has 0 bridgehead atoms. The van der Waals surface area contributed by atoms with Gasteiger partial charge in [-0.2, -0.15) is 0 Å². The van der Waals surface area contributed by atoms with Crippen LogP contribution in [0.4, 0.5) is 0 Å². The minimum Gasteiger partial charge on any atom is -0.481 e. The number of piperazine rings is 1. The van der Waals surface area contributed by atoms with Crippen molar-refractivity contribution in [3.8, 4) is 0 Å². The summed E-state index contributed by atoms with van der Waals surface area (Å²) in [6.45, 7) is 4.45. The van der Waals surface area contributed by atoms with Crippen LogP contribution in [-0.2, 0) is 4.79 Å². The number of likely N-dealkylation sites (N-methyl/N-ethyl adjacent to an activating group) is 1. The Balaban J connectivity index is 1.74. The van der Waals surface area contributed by atoms with Crippen molar-refractivity contribution in [2.45, 2.75) is 18.9 Å². The van der Waals surface area contributed by atoms with Gasteiger partial charge in [0.1, 0.15) is 0 Å². The normalized spacial score (nSPS) is 35.2. The van der Waals surface area contributed by atoms with Gasteiger partial charge in [0.15, 0.2) is 0 Å². The fourth-order valence-corrected chi connectivity index (χ4v) is 2.27. The van der Waals surface area contributed by atoms with Crippen molar-refractivity contribution < 1.29 is 9.90 Å². The molecular formula is C10H18N2O2. The van der Waals surface area contributed by atoms with Crippen molar-refractivity contribution in [3.05, 3.63) is 0 Å². The molecule has 0 spiro atoms. The molecule has 1 saturated carbocycles. The Bertz CT molecular complexity index is 218. The third kappa shape index (κ3) is 1.91. The lowest BCUT2D eigenvalue weighted by molar-refractivity contribution is -0.147. The van der Waals surface area contributed by atoms with Crippen molar-refractivity contribution >= 4 is 5.97 Å². The SMILES string of the molecule is CN1CCN(C2CC(C(=O)O)C2)CC1. The zero-order chi connectivity index (χ0) is 10.1. The Hall–Kier alpha value is -0.610. The molecule has 0 aromatic rings. The van der Waals surface area contributed by atoms with E-state index in [1.54, 1.807) is 0 Å².